The zero-order chi connectivity index (χ0) is 24.7. The molecule has 4 atom stereocenters. The van der Waals surface area contributed by atoms with Gasteiger partial charge in [-0.3, -0.25) is 4.18 Å². The van der Waals surface area contributed by atoms with Gasteiger partial charge in [0.25, 0.3) is 0 Å². The normalized spacial score (nSPS) is 23.5. The smallest absolute Gasteiger partial charge is 0.389 e. The number of rotatable bonds is 7. The fourth-order valence-electron chi connectivity index (χ4n) is 3.71. The number of hydrogen-bond donors (Lipinski definition) is 4. The first-order chi connectivity index (χ1) is 16.0. The highest BCUT2D eigenvalue weighted by Crippen LogP contribution is 2.38. The molecule has 3 aromatic rings. The average Bonchev–Trinajstić information content (AvgIpc) is 3.31. The second-order valence-corrected chi connectivity index (χ2v) is 10.1. The van der Waals surface area contributed by atoms with Crippen molar-refractivity contribution in [1.29, 1.82) is 0 Å². The van der Waals surface area contributed by atoms with Gasteiger partial charge in [-0.05, 0) is 36.4 Å². The maximum absolute atomic E-state index is 12.7. The van der Waals surface area contributed by atoms with Crippen molar-refractivity contribution in [2.75, 3.05) is 12.4 Å². The molecule has 184 valence electrons. The summed E-state index contributed by atoms with van der Waals surface area (Å²) in [6.45, 7) is 0. The molecular weight excluding hydrogens is 499 g/mol. The molecule has 0 aliphatic heterocycles. The summed E-state index contributed by atoms with van der Waals surface area (Å²) in [4.78, 5) is 4.22. The number of aromatic nitrogens is 3. The summed E-state index contributed by atoms with van der Waals surface area (Å²) in [7, 11) is -3.11. The molecule has 1 aromatic carbocycles. The first-order valence-corrected chi connectivity index (χ1v) is 12.1. The molecule has 4 rings (SSSR count). The summed E-state index contributed by atoms with van der Waals surface area (Å²) in [6, 6.07) is 7.27. The molecule has 10 nitrogen and oxygen atoms in total. The molecule has 34 heavy (non-hydrogen) atoms. The minimum Gasteiger partial charge on any atom is -0.389 e. The Labute approximate surface area is 196 Å². The number of fused-ring (bicyclic) bond motifs is 1. The van der Waals surface area contributed by atoms with Crippen molar-refractivity contribution >= 4 is 33.5 Å². The summed E-state index contributed by atoms with van der Waals surface area (Å²) >= 11 is -0.225. The van der Waals surface area contributed by atoms with Crippen LogP contribution in [0.5, 0.6) is 0 Å². The van der Waals surface area contributed by atoms with Crippen LogP contribution in [0.1, 0.15) is 6.42 Å². The monoisotopic (exact) mass is 519 g/mol. The summed E-state index contributed by atoms with van der Waals surface area (Å²) < 4.78 is 69.4. The Kier molecular flexibility index (Phi) is 6.76. The molecule has 2 heterocycles. The van der Waals surface area contributed by atoms with Crippen LogP contribution >= 0.6 is 11.8 Å². The molecule has 15 heteroatoms. The highest BCUT2D eigenvalue weighted by Gasteiger charge is 2.43. The van der Waals surface area contributed by atoms with Crippen LogP contribution in [0, 0.1) is 0 Å². The fraction of sp³-hybridized carbons (Fsp3) is 0.368. The lowest BCUT2D eigenvalue weighted by Gasteiger charge is -2.19. The van der Waals surface area contributed by atoms with Crippen molar-refractivity contribution in [3.05, 3.63) is 42.6 Å². The van der Waals surface area contributed by atoms with E-state index < -0.39 is 40.1 Å². The third-order valence-corrected chi connectivity index (χ3v) is 7.00. The fourth-order valence-corrected chi connectivity index (χ4v) is 5.01. The molecule has 4 N–H and O–H groups in total. The number of anilines is 1. The lowest BCUT2D eigenvalue weighted by molar-refractivity contribution is -0.0328. The van der Waals surface area contributed by atoms with E-state index in [2.05, 4.69) is 24.3 Å². The maximum Gasteiger partial charge on any atom is 0.446 e. The third kappa shape index (κ3) is 5.45. The van der Waals surface area contributed by atoms with Crippen molar-refractivity contribution in [2.45, 2.75) is 41.1 Å². The molecule has 0 spiro atoms. The number of benzene rings is 1. The molecule has 0 saturated heterocycles. The number of halogens is 3. The lowest BCUT2D eigenvalue weighted by Crippen LogP contribution is -2.43. The van der Waals surface area contributed by atoms with E-state index in [4.69, 9.17) is 0 Å². The quantitative estimate of drug-likeness (QED) is 0.344. The average molecular weight is 520 g/mol. The maximum atomic E-state index is 12.7. The van der Waals surface area contributed by atoms with Gasteiger partial charge < -0.3 is 15.5 Å². The summed E-state index contributed by atoms with van der Waals surface area (Å²) in [5, 5.41) is 28.1. The zero-order valence-corrected chi connectivity index (χ0v) is 19.1. The van der Waals surface area contributed by atoms with Crippen LogP contribution < -0.4 is 10.0 Å². The molecule has 1 fully saturated rings. The van der Waals surface area contributed by atoms with Gasteiger partial charge in [0.05, 0.1) is 31.0 Å². The standard InChI is InChI=1S/C19H20F3N5O5S2/c1-32-34(30,31)26-14-8-13(17(28)18(14)29)24-15-5-6-23-16-9-12(25-27(15)16)10-3-2-4-11(7-10)33-19(20,21)22/h2-7,9,13-14,17-18,24,26,28-29H,8H2,1H3/t13-,14+,17+,18+/m0/s1. The molecule has 2 aromatic heterocycles. The van der Waals surface area contributed by atoms with E-state index in [1.54, 1.807) is 18.2 Å². The van der Waals surface area contributed by atoms with Crippen LogP contribution in [0.15, 0.2) is 47.5 Å². The van der Waals surface area contributed by atoms with Gasteiger partial charge in [-0.15, -0.1) is 0 Å². The minimum absolute atomic E-state index is 0.0148. The largest absolute Gasteiger partial charge is 0.446 e. The number of thioether (sulfide) groups is 1. The van der Waals surface area contributed by atoms with Crippen molar-refractivity contribution in [3.63, 3.8) is 0 Å². The molecular formula is C19H20F3N5O5S2. The number of hydrogen-bond acceptors (Lipinski definition) is 9. The van der Waals surface area contributed by atoms with Crippen LogP contribution in [0.3, 0.4) is 0 Å². The number of alkyl halides is 3. The molecule has 1 aliphatic carbocycles. The Bertz CT molecular complexity index is 1290. The number of nitrogens with one attached hydrogen (secondary N) is 2. The van der Waals surface area contributed by atoms with Crippen LogP contribution in [0.4, 0.5) is 19.0 Å². The van der Waals surface area contributed by atoms with Gasteiger partial charge >= 0.3 is 15.8 Å². The van der Waals surface area contributed by atoms with Gasteiger partial charge in [-0.2, -0.15) is 35.9 Å². The predicted molar refractivity (Wildman–Crippen MR) is 117 cm³/mol. The topological polar surface area (TPSA) is 138 Å². The highest BCUT2D eigenvalue weighted by atomic mass is 32.2. The predicted octanol–water partition coefficient (Wildman–Crippen LogP) is 1.76. The minimum atomic E-state index is -4.42. The number of aliphatic hydroxyl groups is 2. The molecule has 0 radical (unpaired) electrons. The Morgan fingerprint density at radius 1 is 1.18 bits per heavy atom. The van der Waals surface area contributed by atoms with E-state index in [1.165, 1.54) is 28.9 Å². The molecule has 1 saturated carbocycles. The van der Waals surface area contributed by atoms with E-state index in [9.17, 15) is 31.8 Å². The van der Waals surface area contributed by atoms with Crippen molar-refractivity contribution < 1.29 is 36.0 Å². The van der Waals surface area contributed by atoms with Gasteiger partial charge in [0.2, 0.25) is 0 Å². The van der Waals surface area contributed by atoms with E-state index in [-0.39, 0.29) is 23.1 Å². The molecule has 0 bridgehead atoms. The third-order valence-electron chi connectivity index (χ3n) is 5.25. The van der Waals surface area contributed by atoms with Crippen molar-refractivity contribution in [3.8, 4) is 11.3 Å². The number of aliphatic hydroxyl groups excluding tert-OH is 2. The first-order valence-electron chi connectivity index (χ1n) is 9.87. The van der Waals surface area contributed by atoms with E-state index in [1.807, 2.05) is 0 Å². The van der Waals surface area contributed by atoms with Crippen LogP contribution in [0.2, 0.25) is 0 Å². The molecule has 0 amide bonds. The summed E-state index contributed by atoms with van der Waals surface area (Å²) in [5.74, 6) is 0.378. The second-order valence-electron chi connectivity index (χ2n) is 7.52. The molecule has 0 unspecified atom stereocenters. The van der Waals surface area contributed by atoms with Gasteiger partial charge in [0.15, 0.2) is 5.65 Å². The Balaban J connectivity index is 1.58. The Hall–Kier alpha value is -2.43. The molecule has 1 aliphatic rings. The number of nitrogens with zero attached hydrogens (tertiary/aromatic N) is 3. The Morgan fingerprint density at radius 3 is 2.62 bits per heavy atom. The SMILES string of the molecule is COS(=O)(=O)N[C@@H]1C[C@H](Nc2ccnc3cc(-c4cccc(SC(F)(F)F)c4)nn23)[C@@H](O)[C@@H]1O. The summed E-state index contributed by atoms with van der Waals surface area (Å²) in [6.07, 6.45) is -1.18. The van der Waals surface area contributed by atoms with Crippen molar-refractivity contribution in [2.24, 2.45) is 0 Å². The zero-order valence-electron chi connectivity index (χ0n) is 17.5. The summed E-state index contributed by atoms with van der Waals surface area (Å²) in [5.41, 5.74) is -3.20. The van der Waals surface area contributed by atoms with Gasteiger partial charge in [0, 0.05) is 22.7 Å². The van der Waals surface area contributed by atoms with Gasteiger partial charge in [-0.1, -0.05) is 12.1 Å². The van der Waals surface area contributed by atoms with Gasteiger partial charge in [0.1, 0.15) is 11.9 Å². The van der Waals surface area contributed by atoms with Crippen LogP contribution in [-0.4, -0.2) is 70.1 Å². The van der Waals surface area contributed by atoms with Crippen LogP contribution in [0.25, 0.3) is 16.9 Å². The van der Waals surface area contributed by atoms with Gasteiger partial charge in [-0.25, -0.2) is 4.98 Å². The lowest BCUT2D eigenvalue weighted by atomic mass is 10.1. The highest BCUT2D eigenvalue weighted by molar-refractivity contribution is 8.00. The first kappa shape index (κ1) is 24.7. The van der Waals surface area contributed by atoms with E-state index in [0.717, 1.165) is 7.11 Å². The van der Waals surface area contributed by atoms with Crippen LogP contribution in [-0.2, 0) is 14.5 Å². The Morgan fingerprint density at radius 2 is 1.91 bits per heavy atom. The van der Waals surface area contributed by atoms with E-state index in [0.29, 0.717) is 22.7 Å². The van der Waals surface area contributed by atoms with Crippen molar-refractivity contribution in [1.82, 2.24) is 19.3 Å². The van der Waals surface area contributed by atoms with E-state index >= 15 is 0 Å². The second kappa shape index (κ2) is 9.31.